The van der Waals surface area contributed by atoms with Gasteiger partial charge >= 0.3 is 383 Å². The number of fused-ring (bicyclic) bond motifs is 1. The van der Waals surface area contributed by atoms with Crippen LogP contribution in [0, 0.1) is 13.8 Å². The van der Waals surface area contributed by atoms with Gasteiger partial charge in [0.05, 0.1) is 0 Å². The van der Waals surface area contributed by atoms with Crippen LogP contribution in [0.5, 0.6) is 34.5 Å². The molecule has 4 atom stereocenters. The van der Waals surface area contributed by atoms with E-state index >= 15 is 0 Å². The number of hydrogen-bond donors (Lipinski definition) is 2. The number of para-hydroxylation sites is 2. The third-order valence-electron chi connectivity index (χ3n) is 14.5. The van der Waals surface area contributed by atoms with E-state index in [1.807, 2.05) is 60.7 Å². The van der Waals surface area contributed by atoms with Gasteiger partial charge in [-0.15, -0.1) is 24.3 Å². The second-order valence-electron chi connectivity index (χ2n) is 24.1. The standard InChI is InChI=1S/C54H76O4S2.2C7H7.Ti/c1-33(2)41-21-19-22-42(34(3)4)51(41)57-45-29-39(53(9,10)11)27-37(49(45)55)31-59-47-25-17-15-16-18-26-48(47)60-32-38-28-40(54(12,13)14)30-46(50(38)56)58-52-43(35(5)6)23-20-24-44(52)36(7)8;2*1-7-5-3-2-4-6-7;/h19-24,27-30,33-36,47-48,55-56H,15-18,25-26,31-32H2,1-14H3;2*2-6H,1H2;/q;2*-1;/t47-,48?;;;/m0.../s1. The molecule has 0 bridgehead atoms. The Balaban J connectivity index is 0.000000562. The zero-order valence-electron chi connectivity index (χ0n) is 48.1. The van der Waals surface area contributed by atoms with Crippen LogP contribution < -0.4 is 9.47 Å². The molecule has 1 heterocycles. The molecule has 2 aliphatic rings. The minimum absolute atomic E-state index is 0.109. The molecule has 0 radical (unpaired) electrons. The molecule has 0 saturated heterocycles. The van der Waals surface area contributed by atoms with Crippen LogP contribution in [0.3, 0.4) is 0 Å². The molecule has 8 rings (SSSR count). The maximum atomic E-state index is 12.3. The number of phenols is 2. The molecule has 6 aromatic carbocycles. The average Bonchev–Trinajstić information content (AvgIpc) is 3.64. The fourth-order valence-corrected chi connectivity index (χ4v) is 30.7. The summed E-state index contributed by atoms with van der Waals surface area (Å²) in [6, 6.07) is 41.5. The fourth-order valence-electron chi connectivity index (χ4n) is 9.89. The second kappa shape index (κ2) is 26.8. The van der Waals surface area contributed by atoms with Crippen LogP contribution in [0.1, 0.15) is 215 Å². The summed E-state index contributed by atoms with van der Waals surface area (Å²) in [4.78, 5) is 0. The molecule has 2 unspecified atom stereocenters. The van der Waals surface area contributed by atoms with Gasteiger partial charge in [-0.3, -0.25) is 0 Å². The largest absolute Gasteiger partial charge is 0.199 e. The number of hydrogen-bond acceptors (Lipinski definition) is 4. The van der Waals surface area contributed by atoms with E-state index in [-0.39, 0.29) is 26.8 Å². The van der Waals surface area contributed by atoms with E-state index in [2.05, 4.69) is 171 Å². The summed E-state index contributed by atoms with van der Waals surface area (Å²) in [5.41, 5.74) is 11.1. The second-order valence-corrected chi connectivity index (χ2v) is 35.5. The van der Waals surface area contributed by atoms with Crippen molar-refractivity contribution >= 4 is 15.9 Å². The summed E-state index contributed by atoms with van der Waals surface area (Å²) in [6.07, 6.45) is 7.75. The zero-order valence-corrected chi connectivity index (χ0v) is 51.3. The van der Waals surface area contributed by atoms with Crippen LogP contribution in [-0.4, -0.2) is 20.7 Å². The molecular weight excluding hydrogens is 993 g/mol. The van der Waals surface area contributed by atoms with Crippen LogP contribution in [0.2, 0.25) is 0 Å². The Kier molecular flexibility index (Phi) is 21.4. The first kappa shape index (κ1) is 59.9. The number of rotatable bonds is 12. The molecule has 6 aromatic rings. The third-order valence-corrected chi connectivity index (χ3v) is 30.4. The van der Waals surface area contributed by atoms with E-state index in [0.717, 1.165) is 45.3 Å². The van der Waals surface area contributed by atoms with Crippen molar-refractivity contribution in [2.45, 2.75) is 192 Å². The van der Waals surface area contributed by atoms with Crippen molar-refractivity contribution in [3.05, 3.63) is 191 Å². The van der Waals surface area contributed by atoms with Gasteiger partial charge in [-0.25, -0.2) is 0 Å². The number of aromatic hydroxyl groups is 2. The Hall–Kier alpha value is -4.33. The SMILES string of the molecule is CC(C)c1cccc(C(C)C)c1Oc1cc(C(C)(C)C)cc(C[S]2=[Ti]=[S@@](Cc3cc(C(C)(C)C)cc(Oc4c(C(C)C)cccc4C(C)C)c3O)C3CCCCCC[C@@H]32)c1O.[CH2-]c1ccccc1.[CH2-]c1ccccc1. The minimum atomic E-state index is -0.432. The summed E-state index contributed by atoms with van der Waals surface area (Å²) in [5, 5.41) is 25.9. The van der Waals surface area contributed by atoms with Gasteiger partial charge in [-0.1, -0.05) is 12.1 Å². The van der Waals surface area contributed by atoms with Gasteiger partial charge in [-0.05, 0) is 0 Å². The fraction of sp³-hybridized carbons (Fsp3) is 0.441. The molecule has 0 spiro atoms. The molecule has 7 heteroatoms. The summed E-state index contributed by atoms with van der Waals surface area (Å²) in [7, 11) is 0.371. The van der Waals surface area contributed by atoms with Crippen molar-refractivity contribution in [2.75, 3.05) is 0 Å². The molecule has 2 N–H and O–H groups in total. The van der Waals surface area contributed by atoms with E-state index < -0.39 is 15.5 Å². The van der Waals surface area contributed by atoms with Gasteiger partial charge in [-0.2, -0.15) is 49.2 Å². The predicted molar refractivity (Wildman–Crippen MR) is 323 cm³/mol. The molecular formula is C68H90O4S2Ti-2. The normalized spacial score (nSPS) is 17.7. The first-order valence-corrected chi connectivity index (χ1v) is 34.4. The van der Waals surface area contributed by atoms with Crippen LogP contribution in [0.15, 0.2) is 121 Å². The van der Waals surface area contributed by atoms with Crippen LogP contribution in [0.25, 0.3) is 0 Å². The number of phenolic OH excluding ortho intramolecular Hbond substituents is 2. The average molecular weight is 1080 g/mol. The molecule has 1 aliphatic heterocycles. The zero-order chi connectivity index (χ0) is 54.8. The molecule has 1 aliphatic carbocycles. The molecule has 1 fully saturated rings. The van der Waals surface area contributed by atoms with Crippen LogP contribution >= 0.6 is 15.9 Å². The summed E-state index contributed by atoms with van der Waals surface area (Å²) in [5.74, 6) is 6.58. The smallest absolute Gasteiger partial charge is 0.0866 e. The molecule has 0 amide bonds. The van der Waals surface area contributed by atoms with Gasteiger partial charge in [0.15, 0.2) is 0 Å². The first-order valence-electron chi connectivity index (χ1n) is 27.7. The van der Waals surface area contributed by atoms with Crippen molar-refractivity contribution in [3.63, 3.8) is 0 Å². The van der Waals surface area contributed by atoms with Crippen molar-refractivity contribution in [1.29, 1.82) is 0 Å². The summed E-state index contributed by atoms with van der Waals surface area (Å²) < 4.78 is 13.9. The van der Waals surface area contributed by atoms with Crippen molar-refractivity contribution in [3.8, 4) is 34.5 Å². The van der Waals surface area contributed by atoms with Gasteiger partial charge < -0.3 is 0 Å². The number of ether oxygens (including phenoxy) is 2. The Morgan fingerprint density at radius 2 is 0.800 bits per heavy atom. The van der Waals surface area contributed by atoms with Crippen LogP contribution in [-0.2, 0) is 37.8 Å². The van der Waals surface area contributed by atoms with Gasteiger partial charge in [0.1, 0.15) is 0 Å². The Bertz CT molecular complexity index is 2650. The maximum Gasteiger partial charge on any atom is -0.0866 e. The van der Waals surface area contributed by atoms with Crippen molar-refractivity contribution < 1.29 is 35.1 Å². The van der Waals surface area contributed by atoms with Gasteiger partial charge in [0.2, 0.25) is 0 Å². The number of benzene rings is 6. The summed E-state index contributed by atoms with van der Waals surface area (Å²) in [6.45, 7) is 38.8. The van der Waals surface area contributed by atoms with Gasteiger partial charge in [0.25, 0.3) is 0 Å². The van der Waals surface area contributed by atoms with Crippen molar-refractivity contribution in [2.24, 2.45) is 0 Å². The van der Waals surface area contributed by atoms with Crippen LogP contribution in [0.4, 0.5) is 0 Å². The topological polar surface area (TPSA) is 58.9 Å². The summed E-state index contributed by atoms with van der Waals surface area (Å²) >= 11 is -0.432. The Morgan fingerprint density at radius 1 is 0.480 bits per heavy atom. The predicted octanol–water partition coefficient (Wildman–Crippen LogP) is 20.8. The maximum absolute atomic E-state index is 12.3. The van der Waals surface area contributed by atoms with E-state index in [0.29, 0.717) is 57.2 Å². The molecule has 75 heavy (non-hydrogen) atoms. The Morgan fingerprint density at radius 3 is 1.07 bits per heavy atom. The monoisotopic (exact) mass is 1080 g/mol. The van der Waals surface area contributed by atoms with E-state index in [4.69, 9.17) is 9.47 Å². The van der Waals surface area contributed by atoms with E-state index in [1.165, 1.54) is 71.9 Å². The molecule has 1 saturated carbocycles. The Labute approximate surface area is 465 Å². The first-order chi connectivity index (χ1) is 35.4. The van der Waals surface area contributed by atoms with Crippen molar-refractivity contribution in [1.82, 2.24) is 0 Å². The quantitative estimate of drug-likeness (QED) is 0.0947. The van der Waals surface area contributed by atoms with E-state index in [9.17, 15) is 10.2 Å². The van der Waals surface area contributed by atoms with Gasteiger partial charge in [0, 0.05) is 0 Å². The third kappa shape index (κ3) is 16.1. The van der Waals surface area contributed by atoms with E-state index in [1.54, 1.807) is 0 Å². The minimum Gasteiger partial charge on any atom is -0.199 e. The molecule has 0 aromatic heterocycles. The molecule has 4 nitrogen and oxygen atoms in total. The molecule has 404 valence electrons.